The number of nitrogens with one attached hydrogen (secondary N) is 1. The molecule has 0 aliphatic carbocycles. The minimum atomic E-state index is -3.15. The maximum Gasteiger partial charge on any atom is 0.224 e. The summed E-state index contributed by atoms with van der Waals surface area (Å²) in [5, 5.41) is 2.94. The first-order valence-electron chi connectivity index (χ1n) is 5.71. The van der Waals surface area contributed by atoms with Crippen molar-refractivity contribution in [2.45, 2.75) is 32.7 Å². The predicted molar refractivity (Wildman–Crippen MR) is 70.3 cm³/mol. The SMILES string of the molecule is CC(C)C(=O)NC1CCN(S(=O)(=O)CBr)CC1. The molecule has 0 unspecified atom stereocenters. The Labute approximate surface area is 111 Å². The Kier molecular flexibility index (Phi) is 5.40. The van der Waals surface area contributed by atoms with Gasteiger partial charge in [-0.05, 0) is 12.8 Å². The molecule has 0 aromatic rings. The molecular formula is C10H19BrN2O3S. The molecule has 0 aromatic carbocycles. The lowest BCUT2D eigenvalue weighted by Crippen LogP contribution is -2.47. The van der Waals surface area contributed by atoms with Crippen molar-refractivity contribution in [3.05, 3.63) is 0 Å². The van der Waals surface area contributed by atoms with E-state index >= 15 is 0 Å². The largest absolute Gasteiger partial charge is 0.353 e. The second kappa shape index (κ2) is 6.15. The fraction of sp³-hybridized carbons (Fsp3) is 0.900. The highest BCUT2D eigenvalue weighted by Crippen LogP contribution is 2.15. The molecule has 0 atom stereocenters. The molecule has 0 aromatic heterocycles. The normalized spacial score (nSPS) is 19.5. The number of hydrogen-bond acceptors (Lipinski definition) is 3. The quantitative estimate of drug-likeness (QED) is 0.781. The summed E-state index contributed by atoms with van der Waals surface area (Å²) in [5.41, 5.74) is 0. The van der Waals surface area contributed by atoms with Crippen molar-refractivity contribution in [3.63, 3.8) is 0 Å². The van der Waals surface area contributed by atoms with Crippen molar-refractivity contribution in [2.24, 2.45) is 5.92 Å². The fourth-order valence-corrected chi connectivity index (χ4v) is 3.49. The Hall–Kier alpha value is -0.140. The van der Waals surface area contributed by atoms with Gasteiger partial charge in [-0.15, -0.1) is 0 Å². The van der Waals surface area contributed by atoms with Crippen LogP contribution < -0.4 is 5.32 Å². The van der Waals surface area contributed by atoms with Gasteiger partial charge in [0.15, 0.2) is 0 Å². The van der Waals surface area contributed by atoms with Crippen LogP contribution in [0.1, 0.15) is 26.7 Å². The summed E-state index contributed by atoms with van der Waals surface area (Å²) in [5.74, 6) is 0.00565. The molecule has 7 heteroatoms. The van der Waals surface area contributed by atoms with Crippen molar-refractivity contribution in [2.75, 3.05) is 17.8 Å². The molecule has 1 amide bonds. The number of nitrogens with zero attached hydrogens (tertiary/aromatic N) is 1. The molecular weight excluding hydrogens is 308 g/mol. The van der Waals surface area contributed by atoms with E-state index in [1.54, 1.807) is 0 Å². The van der Waals surface area contributed by atoms with Crippen LogP contribution in [0.4, 0.5) is 0 Å². The van der Waals surface area contributed by atoms with Gasteiger partial charge in [0.2, 0.25) is 15.9 Å². The van der Waals surface area contributed by atoms with E-state index in [1.807, 2.05) is 13.8 Å². The first-order chi connectivity index (χ1) is 7.86. The highest BCUT2D eigenvalue weighted by molar-refractivity contribution is 9.10. The maximum atomic E-state index is 11.6. The molecule has 1 aliphatic rings. The molecule has 1 fully saturated rings. The molecule has 1 heterocycles. The Morgan fingerprint density at radius 2 is 1.94 bits per heavy atom. The Morgan fingerprint density at radius 1 is 1.41 bits per heavy atom. The smallest absolute Gasteiger partial charge is 0.224 e. The van der Waals surface area contributed by atoms with Gasteiger partial charge in [-0.1, -0.05) is 29.8 Å². The number of carbonyl (C=O) groups excluding carboxylic acids is 1. The van der Waals surface area contributed by atoms with E-state index in [1.165, 1.54) is 4.31 Å². The third kappa shape index (κ3) is 4.22. The van der Waals surface area contributed by atoms with Crippen molar-refractivity contribution < 1.29 is 13.2 Å². The second-order valence-corrected chi connectivity index (χ2v) is 7.83. The summed E-state index contributed by atoms with van der Waals surface area (Å²) in [6, 6.07) is 0.103. The first-order valence-corrected chi connectivity index (χ1v) is 8.44. The monoisotopic (exact) mass is 326 g/mol. The molecule has 0 spiro atoms. The van der Waals surface area contributed by atoms with Gasteiger partial charge in [-0.3, -0.25) is 4.79 Å². The molecule has 0 bridgehead atoms. The van der Waals surface area contributed by atoms with Gasteiger partial charge in [-0.25, -0.2) is 12.7 Å². The number of rotatable bonds is 4. The van der Waals surface area contributed by atoms with E-state index in [2.05, 4.69) is 21.2 Å². The Balaban J connectivity index is 2.44. The van der Waals surface area contributed by atoms with Crippen molar-refractivity contribution in [1.29, 1.82) is 0 Å². The number of piperidine rings is 1. The van der Waals surface area contributed by atoms with Gasteiger partial charge in [0.05, 0.1) is 0 Å². The summed E-state index contributed by atoms with van der Waals surface area (Å²) in [7, 11) is -3.15. The summed E-state index contributed by atoms with van der Waals surface area (Å²) in [6.45, 7) is 4.66. The zero-order valence-electron chi connectivity index (χ0n) is 10.1. The number of sulfonamides is 1. The highest BCUT2D eigenvalue weighted by Gasteiger charge is 2.27. The van der Waals surface area contributed by atoms with Crippen LogP contribution in [0.3, 0.4) is 0 Å². The number of carbonyl (C=O) groups is 1. The van der Waals surface area contributed by atoms with E-state index in [9.17, 15) is 13.2 Å². The molecule has 0 radical (unpaired) electrons. The molecule has 5 nitrogen and oxygen atoms in total. The van der Waals surface area contributed by atoms with E-state index in [-0.39, 0.29) is 22.5 Å². The number of hydrogen-bond donors (Lipinski definition) is 1. The van der Waals surface area contributed by atoms with Crippen LogP contribution in [0.2, 0.25) is 0 Å². The van der Waals surface area contributed by atoms with Crippen LogP contribution in [0, 0.1) is 5.92 Å². The minimum Gasteiger partial charge on any atom is -0.353 e. The maximum absolute atomic E-state index is 11.6. The molecule has 0 saturated carbocycles. The topological polar surface area (TPSA) is 66.5 Å². The molecule has 1 aliphatic heterocycles. The summed E-state index contributed by atoms with van der Waals surface area (Å²) in [6.07, 6.45) is 1.37. The fourth-order valence-electron chi connectivity index (χ4n) is 1.72. The van der Waals surface area contributed by atoms with Gasteiger partial charge in [0.1, 0.15) is 4.66 Å². The van der Waals surface area contributed by atoms with Crippen LogP contribution in [-0.4, -0.2) is 42.4 Å². The number of alkyl halides is 1. The highest BCUT2D eigenvalue weighted by atomic mass is 79.9. The predicted octanol–water partition coefficient (Wildman–Crippen LogP) is 0.905. The van der Waals surface area contributed by atoms with Crippen molar-refractivity contribution in [3.8, 4) is 0 Å². The van der Waals surface area contributed by atoms with Gasteiger partial charge in [-0.2, -0.15) is 0 Å². The third-order valence-corrected chi connectivity index (χ3v) is 6.02. The molecule has 17 heavy (non-hydrogen) atoms. The van der Waals surface area contributed by atoms with Gasteiger partial charge in [0, 0.05) is 25.0 Å². The van der Waals surface area contributed by atoms with Gasteiger partial charge in [0.25, 0.3) is 0 Å². The Morgan fingerprint density at radius 3 is 2.35 bits per heavy atom. The van der Waals surface area contributed by atoms with Crippen LogP contribution in [0.15, 0.2) is 0 Å². The molecule has 1 saturated heterocycles. The third-order valence-electron chi connectivity index (χ3n) is 2.86. The lowest BCUT2D eigenvalue weighted by Gasteiger charge is -2.31. The summed E-state index contributed by atoms with van der Waals surface area (Å²) >= 11 is 2.98. The van der Waals surface area contributed by atoms with E-state index in [0.29, 0.717) is 25.9 Å². The van der Waals surface area contributed by atoms with E-state index < -0.39 is 10.0 Å². The van der Waals surface area contributed by atoms with E-state index in [0.717, 1.165) is 0 Å². The summed E-state index contributed by atoms with van der Waals surface area (Å²) < 4.78 is 24.6. The standard InChI is InChI=1S/C10H19BrN2O3S/c1-8(2)10(14)12-9-3-5-13(6-4-9)17(15,16)7-11/h8-9H,3-7H2,1-2H3,(H,12,14). The van der Waals surface area contributed by atoms with Crippen LogP contribution in [0.25, 0.3) is 0 Å². The average molecular weight is 327 g/mol. The van der Waals surface area contributed by atoms with Crippen molar-refractivity contribution >= 4 is 31.9 Å². The van der Waals surface area contributed by atoms with Gasteiger partial charge < -0.3 is 5.32 Å². The Bertz CT molecular complexity index is 362. The minimum absolute atomic E-state index is 0.0284. The lowest BCUT2D eigenvalue weighted by atomic mass is 10.1. The van der Waals surface area contributed by atoms with E-state index in [4.69, 9.17) is 0 Å². The average Bonchev–Trinajstić information content (AvgIpc) is 2.29. The second-order valence-electron chi connectivity index (χ2n) is 4.56. The van der Waals surface area contributed by atoms with Crippen molar-refractivity contribution in [1.82, 2.24) is 9.62 Å². The molecule has 1 rings (SSSR count). The molecule has 1 N–H and O–H groups in total. The van der Waals surface area contributed by atoms with Crippen LogP contribution in [0.5, 0.6) is 0 Å². The molecule has 100 valence electrons. The zero-order chi connectivity index (χ0) is 13.1. The van der Waals surface area contributed by atoms with Gasteiger partial charge >= 0.3 is 0 Å². The summed E-state index contributed by atoms with van der Waals surface area (Å²) in [4.78, 5) is 11.5. The van der Waals surface area contributed by atoms with Crippen LogP contribution >= 0.6 is 15.9 Å². The number of halogens is 1. The van der Waals surface area contributed by atoms with Crippen LogP contribution in [-0.2, 0) is 14.8 Å². The number of amides is 1. The first kappa shape index (κ1) is 14.9. The zero-order valence-corrected chi connectivity index (χ0v) is 12.6. The lowest BCUT2D eigenvalue weighted by molar-refractivity contribution is -0.124.